The summed E-state index contributed by atoms with van der Waals surface area (Å²) in [6, 6.07) is 0. The molecule has 1 aliphatic carbocycles. The Morgan fingerprint density at radius 1 is 1.38 bits per heavy atom. The van der Waals surface area contributed by atoms with E-state index < -0.39 is 0 Å². The number of hydrogen-bond donors (Lipinski definition) is 0. The smallest absolute Gasteiger partial charge is 0.0457 e. The van der Waals surface area contributed by atoms with E-state index in [0.717, 1.165) is 6.54 Å². The van der Waals surface area contributed by atoms with Crippen LogP contribution in [0.5, 0.6) is 0 Å². The predicted molar refractivity (Wildman–Crippen MR) is 57.0 cm³/mol. The second kappa shape index (κ2) is 2.83. The molecule has 0 aromatic heterocycles. The molecule has 2 unspecified atom stereocenters. The van der Waals surface area contributed by atoms with Crippen molar-refractivity contribution in [2.24, 2.45) is 22.2 Å². The first kappa shape index (κ1) is 8.74. The van der Waals surface area contributed by atoms with E-state index in [1.807, 2.05) is 0 Å². The van der Waals surface area contributed by atoms with E-state index >= 15 is 0 Å². The second-order valence-corrected chi connectivity index (χ2v) is 4.99. The first-order valence-corrected chi connectivity index (χ1v) is 4.98. The number of hydrogen-bond acceptors (Lipinski definition) is 1. The molecule has 2 atom stereocenters. The third-order valence-corrected chi connectivity index (χ3v) is 2.85. The number of fused-ring (bicyclic) bond motifs is 1. The van der Waals surface area contributed by atoms with E-state index in [4.69, 9.17) is 0 Å². The van der Waals surface area contributed by atoms with Crippen LogP contribution in [0.15, 0.2) is 28.8 Å². The standard InChI is InChI=1S/C12H17N/c1-12(2,3)11-5-4-9-7-13-8-10(9)6-11/h4-6,8-10H,7H2,1-3H3. The van der Waals surface area contributed by atoms with E-state index in [1.165, 1.54) is 5.57 Å². The van der Waals surface area contributed by atoms with E-state index in [0.29, 0.717) is 11.8 Å². The Morgan fingerprint density at radius 2 is 2.15 bits per heavy atom. The maximum Gasteiger partial charge on any atom is 0.0457 e. The summed E-state index contributed by atoms with van der Waals surface area (Å²) in [5, 5.41) is 0. The van der Waals surface area contributed by atoms with Crippen molar-refractivity contribution in [3.8, 4) is 0 Å². The number of rotatable bonds is 0. The minimum Gasteiger partial charge on any atom is -0.296 e. The SMILES string of the molecule is CC(C)(C)C1=CC2C=NCC2C=C1. The lowest BCUT2D eigenvalue weighted by Gasteiger charge is -2.26. The Labute approximate surface area is 80.3 Å². The van der Waals surface area contributed by atoms with Crippen LogP contribution in [-0.4, -0.2) is 12.8 Å². The third kappa shape index (κ3) is 1.60. The van der Waals surface area contributed by atoms with Gasteiger partial charge in [-0.15, -0.1) is 0 Å². The molecule has 1 nitrogen and oxygen atoms in total. The van der Waals surface area contributed by atoms with Crippen molar-refractivity contribution in [1.82, 2.24) is 0 Å². The number of nitrogens with zero attached hydrogens (tertiary/aromatic N) is 1. The van der Waals surface area contributed by atoms with E-state index in [-0.39, 0.29) is 5.41 Å². The summed E-state index contributed by atoms with van der Waals surface area (Å²) >= 11 is 0. The van der Waals surface area contributed by atoms with Crippen LogP contribution in [0.3, 0.4) is 0 Å². The van der Waals surface area contributed by atoms with Gasteiger partial charge in [-0.1, -0.05) is 39.0 Å². The van der Waals surface area contributed by atoms with Gasteiger partial charge in [0.25, 0.3) is 0 Å². The maximum absolute atomic E-state index is 4.32. The zero-order chi connectivity index (χ0) is 9.47. The van der Waals surface area contributed by atoms with Gasteiger partial charge in [-0.2, -0.15) is 0 Å². The van der Waals surface area contributed by atoms with Gasteiger partial charge in [-0.05, 0) is 11.0 Å². The van der Waals surface area contributed by atoms with Crippen molar-refractivity contribution in [2.45, 2.75) is 20.8 Å². The fourth-order valence-corrected chi connectivity index (χ4v) is 1.88. The summed E-state index contributed by atoms with van der Waals surface area (Å²) in [6.45, 7) is 7.76. The lowest BCUT2D eigenvalue weighted by Crippen LogP contribution is -2.17. The molecule has 2 rings (SSSR count). The zero-order valence-electron chi connectivity index (χ0n) is 8.62. The predicted octanol–water partition coefficient (Wildman–Crippen LogP) is 2.85. The molecule has 0 saturated heterocycles. The molecular formula is C12H17N. The molecule has 13 heavy (non-hydrogen) atoms. The van der Waals surface area contributed by atoms with E-state index in [9.17, 15) is 0 Å². The zero-order valence-corrected chi connectivity index (χ0v) is 8.62. The molecule has 1 heteroatoms. The van der Waals surface area contributed by atoms with Crippen LogP contribution in [0.2, 0.25) is 0 Å². The molecule has 0 aromatic carbocycles. The van der Waals surface area contributed by atoms with Gasteiger partial charge in [0, 0.05) is 24.6 Å². The fraction of sp³-hybridized carbons (Fsp3) is 0.583. The van der Waals surface area contributed by atoms with Crippen molar-refractivity contribution < 1.29 is 0 Å². The van der Waals surface area contributed by atoms with Gasteiger partial charge in [0.1, 0.15) is 0 Å². The van der Waals surface area contributed by atoms with Gasteiger partial charge >= 0.3 is 0 Å². The molecule has 0 spiro atoms. The Bertz CT molecular complexity index is 289. The quantitative estimate of drug-likeness (QED) is 0.537. The highest BCUT2D eigenvalue weighted by Gasteiger charge is 2.26. The molecular weight excluding hydrogens is 158 g/mol. The van der Waals surface area contributed by atoms with E-state index in [2.05, 4.69) is 50.2 Å². The minimum atomic E-state index is 0.276. The van der Waals surface area contributed by atoms with Crippen LogP contribution in [0.25, 0.3) is 0 Å². The molecule has 1 heterocycles. The van der Waals surface area contributed by atoms with E-state index in [1.54, 1.807) is 0 Å². The van der Waals surface area contributed by atoms with Gasteiger partial charge in [0.15, 0.2) is 0 Å². The molecule has 0 aromatic rings. The molecule has 0 saturated carbocycles. The number of allylic oxidation sites excluding steroid dienone is 3. The normalized spacial score (nSPS) is 31.8. The van der Waals surface area contributed by atoms with Gasteiger partial charge in [-0.25, -0.2) is 0 Å². The van der Waals surface area contributed by atoms with Crippen molar-refractivity contribution in [2.75, 3.05) is 6.54 Å². The topological polar surface area (TPSA) is 12.4 Å². The summed E-state index contributed by atoms with van der Waals surface area (Å²) in [4.78, 5) is 4.32. The molecule has 0 fully saturated rings. The van der Waals surface area contributed by atoms with Crippen LogP contribution < -0.4 is 0 Å². The monoisotopic (exact) mass is 175 g/mol. The van der Waals surface area contributed by atoms with Gasteiger partial charge in [-0.3, -0.25) is 4.99 Å². The highest BCUT2D eigenvalue weighted by molar-refractivity contribution is 5.68. The van der Waals surface area contributed by atoms with Crippen LogP contribution in [0.1, 0.15) is 20.8 Å². The largest absolute Gasteiger partial charge is 0.296 e. The second-order valence-electron chi connectivity index (χ2n) is 4.99. The van der Waals surface area contributed by atoms with Crippen LogP contribution in [0, 0.1) is 17.3 Å². The molecule has 0 amide bonds. The number of aliphatic imine (C=N–C) groups is 1. The summed E-state index contributed by atoms with van der Waals surface area (Å²) in [5.41, 5.74) is 1.72. The summed E-state index contributed by atoms with van der Waals surface area (Å²) in [7, 11) is 0. The average molecular weight is 175 g/mol. The lowest BCUT2D eigenvalue weighted by molar-refractivity contribution is 0.499. The Morgan fingerprint density at radius 3 is 2.85 bits per heavy atom. The molecule has 0 radical (unpaired) electrons. The van der Waals surface area contributed by atoms with Gasteiger partial charge < -0.3 is 0 Å². The molecule has 0 bridgehead atoms. The Balaban J connectivity index is 2.24. The minimum absolute atomic E-state index is 0.276. The summed E-state index contributed by atoms with van der Waals surface area (Å²) in [5.74, 6) is 1.21. The lowest BCUT2D eigenvalue weighted by atomic mass is 9.78. The fourth-order valence-electron chi connectivity index (χ4n) is 1.88. The first-order valence-electron chi connectivity index (χ1n) is 4.98. The van der Waals surface area contributed by atoms with Crippen molar-refractivity contribution >= 4 is 6.21 Å². The van der Waals surface area contributed by atoms with Crippen LogP contribution in [-0.2, 0) is 0 Å². The molecule has 70 valence electrons. The van der Waals surface area contributed by atoms with Crippen molar-refractivity contribution in [3.05, 3.63) is 23.8 Å². The Hall–Kier alpha value is -0.850. The van der Waals surface area contributed by atoms with Crippen LogP contribution >= 0.6 is 0 Å². The van der Waals surface area contributed by atoms with Crippen LogP contribution in [0.4, 0.5) is 0 Å². The molecule has 0 N–H and O–H groups in total. The van der Waals surface area contributed by atoms with Gasteiger partial charge in [0.05, 0.1) is 0 Å². The third-order valence-electron chi connectivity index (χ3n) is 2.85. The maximum atomic E-state index is 4.32. The summed E-state index contributed by atoms with van der Waals surface area (Å²) in [6.07, 6.45) is 9.06. The highest BCUT2D eigenvalue weighted by Crippen LogP contribution is 2.34. The summed E-state index contributed by atoms with van der Waals surface area (Å²) < 4.78 is 0. The molecule has 1 aliphatic heterocycles. The van der Waals surface area contributed by atoms with Crippen molar-refractivity contribution in [3.63, 3.8) is 0 Å². The van der Waals surface area contributed by atoms with Crippen molar-refractivity contribution in [1.29, 1.82) is 0 Å². The van der Waals surface area contributed by atoms with Gasteiger partial charge in [0.2, 0.25) is 0 Å². The average Bonchev–Trinajstić information content (AvgIpc) is 2.47. The molecule has 2 aliphatic rings. The Kier molecular flexibility index (Phi) is 1.90. The first-order chi connectivity index (χ1) is 6.07. The highest BCUT2D eigenvalue weighted by atomic mass is 14.8.